The Labute approximate surface area is 195 Å². The van der Waals surface area contributed by atoms with Crippen LogP contribution in [0.3, 0.4) is 0 Å². The Morgan fingerprint density at radius 2 is 2.12 bits per heavy atom. The zero-order valence-corrected chi connectivity index (χ0v) is 18.9. The molecule has 0 amide bonds. The number of aromatic amines is 1. The third-order valence-corrected chi connectivity index (χ3v) is 5.93. The minimum atomic E-state index is -0.550. The molecule has 0 saturated carbocycles. The van der Waals surface area contributed by atoms with Crippen molar-refractivity contribution >= 4 is 0 Å². The van der Waals surface area contributed by atoms with Crippen molar-refractivity contribution in [1.29, 1.82) is 0 Å². The maximum atomic E-state index is 12.3. The summed E-state index contributed by atoms with van der Waals surface area (Å²) in [6.45, 7) is 3.09. The molecule has 9 nitrogen and oxygen atoms in total. The third-order valence-electron chi connectivity index (χ3n) is 5.93. The number of aromatic hydroxyl groups is 2. The van der Waals surface area contributed by atoms with Crippen molar-refractivity contribution in [2.75, 3.05) is 13.7 Å². The van der Waals surface area contributed by atoms with Crippen molar-refractivity contribution in [3.63, 3.8) is 0 Å². The molecule has 1 saturated heterocycles. The second-order valence-corrected chi connectivity index (χ2v) is 8.28. The highest BCUT2D eigenvalue weighted by molar-refractivity contribution is 5.81. The zero-order chi connectivity index (χ0) is 23.8. The van der Waals surface area contributed by atoms with E-state index in [9.17, 15) is 15.0 Å². The summed E-state index contributed by atoms with van der Waals surface area (Å²) in [6, 6.07) is 9.91. The van der Waals surface area contributed by atoms with E-state index in [1.807, 2.05) is 18.3 Å². The summed E-state index contributed by atoms with van der Waals surface area (Å²) in [4.78, 5) is 20.3. The summed E-state index contributed by atoms with van der Waals surface area (Å²) in [7, 11) is 1.46. The maximum Gasteiger partial charge on any atom is 0.227 e. The van der Waals surface area contributed by atoms with Gasteiger partial charge in [0, 0.05) is 31.0 Å². The first-order valence-corrected chi connectivity index (χ1v) is 11.0. The summed E-state index contributed by atoms with van der Waals surface area (Å²) in [5.74, 6) is 0.614. The molecular formula is C25H25N3O6. The number of aryl methyl sites for hydroxylation is 1. The number of H-pyrrole nitrogens is 1. The molecule has 4 aromatic rings. The van der Waals surface area contributed by atoms with E-state index in [-0.39, 0.29) is 23.4 Å². The fraction of sp³-hybridized carbons (Fsp3) is 0.280. The number of nitrogens with zero attached hydrogens (tertiary/aromatic N) is 2. The van der Waals surface area contributed by atoms with Gasteiger partial charge in [-0.05, 0) is 50.1 Å². The Morgan fingerprint density at radius 3 is 2.88 bits per heavy atom. The number of ether oxygens (including phenoxy) is 2. The number of methoxy groups -OCH3 is 1. The molecule has 1 aliphatic heterocycles. The summed E-state index contributed by atoms with van der Waals surface area (Å²) in [5, 5.41) is 20.6. The lowest BCUT2D eigenvalue weighted by molar-refractivity contribution is 0.0974. The Hall–Kier alpha value is -3.98. The molecule has 3 N–H and O–H groups in total. The van der Waals surface area contributed by atoms with Crippen molar-refractivity contribution in [3.05, 3.63) is 58.6 Å². The maximum absolute atomic E-state index is 12.3. The van der Waals surface area contributed by atoms with Gasteiger partial charge in [0.15, 0.2) is 23.1 Å². The smallest absolute Gasteiger partial charge is 0.227 e. The van der Waals surface area contributed by atoms with Gasteiger partial charge in [-0.3, -0.25) is 4.79 Å². The molecular weight excluding hydrogens is 438 g/mol. The molecule has 0 aliphatic carbocycles. The number of hydrogen-bond acceptors (Lipinski definition) is 7. The van der Waals surface area contributed by atoms with E-state index in [0.29, 0.717) is 35.1 Å². The molecule has 5 rings (SSSR count). The van der Waals surface area contributed by atoms with Crippen molar-refractivity contribution < 1.29 is 24.1 Å². The Morgan fingerprint density at radius 1 is 1.26 bits per heavy atom. The average molecular weight is 463 g/mol. The number of phenols is 1. The van der Waals surface area contributed by atoms with Crippen LogP contribution in [0.2, 0.25) is 0 Å². The number of rotatable bonds is 6. The van der Waals surface area contributed by atoms with Gasteiger partial charge in [-0.15, -0.1) is 0 Å². The Balaban J connectivity index is 1.68. The van der Waals surface area contributed by atoms with Crippen LogP contribution < -0.4 is 10.2 Å². The first-order valence-electron chi connectivity index (χ1n) is 11.0. The minimum absolute atomic E-state index is 0.0111. The normalized spacial score (nSPS) is 15.6. The topological polar surface area (TPSA) is 123 Å². The van der Waals surface area contributed by atoms with Crippen molar-refractivity contribution in [1.82, 2.24) is 14.5 Å². The van der Waals surface area contributed by atoms with Gasteiger partial charge in [-0.25, -0.2) is 4.98 Å². The highest BCUT2D eigenvalue weighted by atomic mass is 16.5. The van der Waals surface area contributed by atoms with Crippen LogP contribution in [0, 0.1) is 6.92 Å². The second-order valence-electron chi connectivity index (χ2n) is 8.28. The van der Waals surface area contributed by atoms with Gasteiger partial charge in [0.25, 0.3) is 0 Å². The summed E-state index contributed by atoms with van der Waals surface area (Å²) in [5.41, 5.74) is 1.65. The standard InChI is InChI=1S/C25H25N3O6/c1-14-11-19(30)23(31)24(34-14)22-21(15-7-8-18(29)20(12-15)32-2)26-25(27-22)17-6-3-9-28(17)13-16-5-4-10-33-16/h3,6-9,11-12,16,29,31H,4-5,10,13H2,1-2H3,(H,26,27). The van der Waals surface area contributed by atoms with Gasteiger partial charge in [-0.2, -0.15) is 0 Å². The summed E-state index contributed by atoms with van der Waals surface area (Å²) < 4.78 is 18.9. The average Bonchev–Trinajstić information content (AvgIpc) is 3.58. The van der Waals surface area contributed by atoms with Crippen LogP contribution in [-0.2, 0) is 11.3 Å². The largest absolute Gasteiger partial charge is 0.504 e. The SMILES string of the molecule is COc1cc(-c2nc(-c3cccn3CC3CCCO3)[nH]c2-c2oc(C)cc(=O)c2O)ccc1O. The van der Waals surface area contributed by atoms with Crippen LogP contribution in [0.15, 0.2) is 51.8 Å². The molecule has 176 valence electrons. The molecule has 9 heteroatoms. The van der Waals surface area contributed by atoms with Crippen molar-refractivity contribution in [3.8, 4) is 51.5 Å². The van der Waals surface area contributed by atoms with Crippen LogP contribution >= 0.6 is 0 Å². The first-order chi connectivity index (χ1) is 16.4. The molecule has 0 radical (unpaired) electrons. The van der Waals surface area contributed by atoms with E-state index in [0.717, 1.165) is 25.1 Å². The van der Waals surface area contributed by atoms with E-state index >= 15 is 0 Å². The Kier molecular flexibility index (Phi) is 5.62. The van der Waals surface area contributed by atoms with Crippen LogP contribution in [0.4, 0.5) is 0 Å². The molecule has 1 fully saturated rings. The van der Waals surface area contributed by atoms with Gasteiger partial charge < -0.3 is 33.7 Å². The number of phenolic OH excluding ortho intramolecular Hbond substituents is 1. The molecule has 1 atom stereocenters. The van der Waals surface area contributed by atoms with Gasteiger partial charge in [0.2, 0.25) is 11.2 Å². The third kappa shape index (κ3) is 3.94. The molecule has 1 aromatic carbocycles. The number of imidazole rings is 1. The van der Waals surface area contributed by atoms with Crippen LogP contribution in [0.25, 0.3) is 34.2 Å². The first kappa shape index (κ1) is 21.8. The van der Waals surface area contributed by atoms with Gasteiger partial charge in [-0.1, -0.05) is 0 Å². The molecule has 3 aromatic heterocycles. The van der Waals surface area contributed by atoms with E-state index in [1.54, 1.807) is 19.1 Å². The van der Waals surface area contributed by atoms with Crippen LogP contribution in [-0.4, -0.2) is 44.6 Å². The van der Waals surface area contributed by atoms with E-state index in [1.165, 1.54) is 19.2 Å². The van der Waals surface area contributed by atoms with Crippen LogP contribution in [0.1, 0.15) is 18.6 Å². The lowest BCUT2D eigenvalue weighted by atomic mass is 10.1. The highest BCUT2D eigenvalue weighted by Crippen LogP contribution is 2.39. The quantitative estimate of drug-likeness (QED) is 0.394. The summed E-state index contributed by atoms with van der Waals surface area (Å²) >= 11 is 0. The molecule has 34 heavy (non-hydrogen) atoms. The number of hydrogen-bond donors (Lipinski definition) is 3. The highest BCUT2D eigenvalue weighted by Gasteiger charge is 2.24. The van der Waals surface area contributed by atoms with Gasteiger partial charge in [0.1, 0.15) is 17.1 Å². The summed E-state index contributed by atoms with van der Waals surface area (Å²) in [6.07, 6.45) is 4.15. The predicted molar refractivity (Wildman–Crippen MR) is 125 cm³/mol. The molecule has 0 bridgehead atoms. The van der Waals surface area contributed by atoms with Crippen molar-refractivity contribution in [2.45, 2.75) is 32.4 Å². The molecule has 0 spiro atoms. The molecule has 1 unspecified atom stereocenters. The van der Waals surface area contributed by atoms with E-state index in [2.05, 4.69) is 9.55 Å². The number of benzene rings is 1. The predicted octanol–water partition coefficient (Wildman–Crippen LogP) is 4.07. The fourth-order valence-corrected chi connectivity index (χ4v) is 4.26. The lowest BCUT2D eigenvalue weighted by Crippen LogP contribution is -2.15. The van der Waals surface area contributed by atoms with E-state index < -0.39 is 11.2 Å². The van der Waals surface area contributed by atoms with E-state index in [4.69, 9.17) is 18.9 Å². The zero-order valence-electron chi connectivity index (χ0n) is 18.9. The molecule has 4 heterocycles. The van der Waals surface area contributed by atoms with Gasteiger partial charge in [0.05, 0.1) is 18.9 Å². The second kappa shape index (κ2) is 8.75. The lowest BCUT2D eigenvalue weighted by Gasteiger charge is -2.13. The fourth-order valence-electron chi connectivity index (χ4n) is 4.26. The van der Waals surface area contributed by atoms with Crippen molar-refractivity contribution in [2.24, 2.45) is 0 Å². The van der Waals surface area contributed by atoms with Crippen LogP contribution in [0.5, 0.6) is 17.2 Å². The molecule has 1 aliphatic rings. The van der Waals surface area contributed by atoms with Gasteiger partial charge >= 0.3 is 0 Å². The Bertz CT molecular complexity index is 1390. The monoisotopic (exact) mass is 463 g/mol. The number of nitrogens with one attached hydrogen (secondary N) is 1. The minimum Gasteiger partial charge on any atom is -0.504 e. The number of aromatic nitrogens is 3.